The molecule has 0 aliphatic carbocycles. The lowest BCUT2D eigenvalue weighted by molar-refractivity contribution is 0.312. The summed E-state index contributed by atoms with van der Waals surface area (Å²) in [5, 5.41) is 6.39. The van der Waals surface area contributed by atoms with E-state index in [1.165, 1.54) is 62.3 Å². The van der Waals surface area contributed by atoms with Crippen LogP contribution in [0.25, 0.3) is 0 Å². The van der Waals surface area contributed by atoms with Gasteiger partial charge in [-0.3, -0.25) is 0 Å². The first kappa shape index (κ1) is 23.1. The number of nitrogens with zero attached hydrogens (tertiary/aromatic N) is 1. The lowest BCUT2D eigenvalue weighted by Gasteiger charge is -2.24. The first-order valence-corrected chi connectivity index (χ1v) is 10.5. The number of rotatable bonds is 6. The second-order valence-electron chi connectivity index (χ2n) is 7.94. The van der Waals surface area contributed by atoms with E-state index in [-0.39, 0.29) is 5.82 Å². The second kappa shape index (κ2) is 12.4. The van der Waals surface area contributed by atoms with Gasteiger partial charge in [0.2, 0.25) is 0 Å². The largest absolute Gasteiger partial charge is 0.391 e. The molecule has 2 aromatic carbocycles. The summed E-state index contributed by atoms with van der Waals surface area (Å²) < 4.78 is 11.9. The molecule has 0 radical (unpaired) electrons. The Morgan fingerprint density at radius 2 is 1.72 bits per heavy atom. The van der Waals surface area contributed by atoms with Gasteiger partial charge in [0.05, 0.1) is 0 Å². The summed E-state index contributed by atoms with van der Waals surface area (Å²) >= 11 is 0. The molecule has 2 saturated heterocycles. The Hall–Kier alpha value is -2.17. The molecule has 3 nitrogen and oxygen atoms in total. The molecule has 2 aliphatic heterocycles. The summed E-state index contributed by atoms with van der Waals surface area (Å²) in [4.78, 5) is 2.58. The van der Waals surface area contributed by atoms with Crippen LogP contribution in [0.1, 0.15) is 24.0 Å². The van der Waals surface area contributed by atoms with Crippen LogP contribution in [-0.4, -0.2) is 44.7 Å². The molecule has 158 valence electrons. The van der Waals surface area contributed by atoms with Crippen LogP contribution in [0.2, 0.25) is 0 Å². The molecule has 2 bridgehead atoms. The third-order valence-electron chi connectivity index (χ3n) is 5.70. The van der Waals surface area contributed by atoms with E-state index in [1.807, 2.05) is 0 Å². The quantitative estimate of drug-likeness (QED) is 0.708. The minimum Gasteiger partial charge on any atom is -0.391 e. The molecule has 4 rings (SSSR count). The van der Waals surface area contributed by atoms with Crippen molar-refractivity contribution in [3.05, 3.63) is 84.3 Å². The molecule has 0 atom stereocenters. The smallest absolute Gasteiger partial charge is 0.123 e. The Morgan fingerprint density at radius 1 is 1.07 bits per heavy atom. The SMILES string of the molecule is C=CNCCc1ccccc1C.CNCC12CCN(CC1)C2.Fc1ccccc1. The topological polar surface area (TPSA) is 27.3 Å². The van der Waals surface area contributed by atoms with Crippen molar-refractivity contribution in [3.63, 3.8) is 0 Å². The Kier molecular flexibility index (Phi) is 9.89. The van der Waals surface area contributed by atoms with E-state index in [1.54, 1.807) is 24.4 Å². The fraction of sp³-hybridized carbons (Fsp3) is 0.440. The summed E-state index contributed by atoms with van der Waals surface area (Å²) in [5.74, 6) is -0.178. The molecule has 29 heavy (non-hydrogen) atoms. The Labute approximate surface area is 176 Å². The van der Waals surface area contributed by atoms with Gasteiger partial charge in [-0.15, -0.1) is 0 Å². The highest BCUT2D eigenvalue weighted by Crippen LogP contribution is 2.39. The molecule has 2 aromatic rings. The molecule has 2 N–H and O–H groups in total. The van der Waals surface area contributed by atoms with E-state index >= 15 is 0 Å². The van der Waals surface area contributed by atoms with Gasteiger partial charge in [-0.1, -0.05) is 49.0 Å². The van der Waals surface area contributed by atoms with Crippen LogP contribution in [-0.2, 0) is 6.42 Å². The van der Waals surface area contributed by atoms with Gasteiger partial charge in [0, 0.05) is 19.6 Å². The van der Waals surface area contributed by atoms with Crippen molar-refractivity contribution in [1.82, 2.24) is 15.5 Å². The van der Waals surface area contributed by atoms with E-state index < -0.39 is 0 Å². The highest BCUT2D eigenvalue weighted by Gasteiger charge is 2.42. The van der Waals surface area contributed by atoms with Crippen molar-refractivity contribution < 1.29 is 4.39 Å². The number of aryl methyl sites for hydroxylation is 1. The van der Waals surface area contributed by atoms with Crippen LogP contribution in [0.15, 0.2) is 67.4 Å². The highest BCUT2D eigenvalue weighted by atomic mass is 19.1. The van der Waals surface area contributed by atoms with Crippen LogP contribution < -0.4 is 10.6 Å². The first-order chi connectivity index (χ1) is 14.1. The van der Waals surface area contributed by atoms with Crippen LogP contribution in [0.3, 0.4) is 0 Å². The third kappa shape index (κ3) is 8.00. The normalized spacial score (nSPS) is 21.4. The predicted molar refractivity (Wildman–Crippen MR) is 122 cm³/mol. The fourth-order valence-corrected chi connectivity index (χ4v) is 4.04. The lowest BCUT2D eigenvalue weighted by atomic mass is 9.85. The number of halogens is 1. The summed E-state index contributed by atoms with van der Waals surface area (Å²) in [6, 6.07) is 16.4. The standard InChI is InChI=1S/C11H15N.C8H16N2.C6H5F/c1-3-12-9-8-11-7-5-4-6-10(11)2;1-9-6-8-2-4-10(7-8)5-3-8;7-6-4-2-1-3-5-6/h3-7,12H,1,8-9H2,2H3;9H,2-7H2,1H3;1-5H. The van der Waals surface area contributed by atoms with Crippen molar-refractivity contribution >= 4 is 0 Å². The molecule has 0 aromatic heterocycles. The Morgan fingerprint density at radius 3 is 2.21 bits per heavy atom. The number of hydrogen-bond donors (Lipinski definition) is 2. The summed E-state index contributed by atoms with van der Waals surface area (Å²) in [6.45, 7) is 12.0. The first-order valence-electron chi connectivity index (χ1n) is 10.5. The van der Waals surface area contributed by atoms with E-state index in [4.69, 9.17) is 0 Å². The molecular formula is C25H36FN3. The summed E-state index contributed by atoms with van der Waals surface area (Å²) in [6.07, 6.45) is 5.65. The van der Waals surface area contributed by atoms with Gasteiger partial charge in [-0.2, -0.15) is 0 Å². The molecule has 0 unspecified atom stereocenters. The summed E-state index contributed by atoms with van der Waals surface area (Å²) in [7, 11) is 2.07. The van der Waals surface area contributed by atoms with Crippen molar-refractivity contribution in [3.8, 4) is 0 Å². The minimum atomic E-state index is -0.178. The highest BCUT2D eigenvalue weighted by molar-refractivity contribution is 5.25. The number of fused-ring (bicyclic) bond motifs is 2. The lowest BCUT2D eigenvalue weighted by Crippen LogP contribution is -2.31. The van der Waals surface area contributed by atoms with Crippen molar-refractivity contribution in [2.75, 3.05) is 39.8 Å². The van der Waals surface area contributed by atoms with Crippen molar-refractivity contribution in [1.29, 1.82) is 0 Å². The van der Waals surface area contributed by atoms with Crippen molar-refractivity contribution in [2.45, 2.75) is 26.2 Å². The molecular weight excluding hydrogens is 361 g/mol. The maximum Gasteiger partial charge on any atom is 0.123 e. The van der Waals surface area contributed by atoms with Crippen molar-refractivity contribution in [2.24, 2.45) is 5.41 Å². The molecule has 0 saturated carbocycles. The van der Waals surface area contributed by atoms with E-state index in [0.29, 0.717) is 5.41 Å². The minimum absolute atomic E-state index is 0.178. The van der Waals surface area contributed by atoms with Crippen LogP contribution >= 0.6 is 0 Å². The van der Waals surface area contributed by atoms with Gasteiger partial charge in [0.25, 0.3) is 0 Å². The van der Waals surface area contributed by atoms with E-state index in [2.05, 4.69) is 60.3 Å². The average molecular weight is 398 g/mol. The number of hydrogen-bond acceptors (Lipinski definition) is 3. The van der Waals surface area contributed by atoms with Gasteiger partial charge < -0.3 is 15.5 Å². The van der Waals surface area contributed by atoms with E-state index in [9.17, 15) is 4.39 Å². The molecule has 4 heteroatoms. The predicted octanol–water partition coefficient (Wildman–Crippen LogP) is 4.40. The van der Waals surface area contributed by atoms with Crippen LogP contribution in [0.5, 0.6) is 0 Å². The zero-order chi connectivity index (χ0) is 21.0. The molecule has 2 fully saturated rings. The van der Waals surface area contributed by atoms with Gasteiger partial charge in [0.15, 0.2) is 0 Å². The molecule has 2 heterocycles. The number of benzene rings is 2. The molecule has 2 aliphatic rings. The number of piperidine rings is 1. The van der Waals surface area contributed by atoms with Gasteiger partial charge in [0.1, 0.15) is 5.82 Å². The zero-order valence-corrected chi connectivity index (χ0v) is 18.0. The second-order valence-corrected chi connectivity index (χ2v) is 7.94. The molecule has 0 spiro atoms. The maximum absolute atomic E-state index is 11.9. The average Bonchev–Trinajstić information content (AvgIpc) is 3.32. The van der Waals surface area contributed by atoms with Gasteiger partial charge in [-0.25, -0.2) is 4.39 Å². The zero-order valence-electron chi connectivity index (χ0n) is 18.0. The van der Waals surface area contributed by atoms with Crippen LogP contribution in [0.4, 0.5) is 4.39 Å². The number of nitrogens with one attached hydrogen (secondary N) is 2. The monoisotopic (exact) mass is 397 g/mol. The summed E-state index contributed by atoms with van der Waals surface area (Å²) in [5.41, 5.74) is 3.45. The van der Waals surface area contributed by atoms with Gasteiger partial charge >= 0.3 is 0 Å². The maximum atomic E-state index is 11.9. The van der Waals surface area contributed by atoms with Crippen LogP contribution in [0, 0.1) is 18.2 Å². The van der Waals surface area contributed by atoms with Gasteiger partial charge in [-0.05, 0) is 81.2 Å². The Bertz CT molecular complexity index is 709. The van der Waals surface area contributed by atoms with E-state index in [0.717, 1.165) is 13.0 Å². The Balaban J connectivity index is 0.000000160. The molecule has 0 amide bonds. The third-order valence-corrected chi connectivity index (χ3v) is 5.70. The fourth-order valence-electron chi connectivity index (χ4n) is 4.04.